The third kappa shape index (κ3) is 3.16. The molecule has 0 aliphatic heterocycles. The van der Waals surface area contributed by atoms with E-state index in [2.05, 4.69) is 42.2 Å². The maximum absolute atomic E-state index is 5.97. The normalized spacial score (nSPS) is 10.8. The molecule has 3 heteroatoms. The molecule has 0 unspecified atom stereocenters. The van der Waals surface area contributed by atoms with E-state index in [9.17, 15) is 0 Å². The Kier molecular flexibility index (Phi) is 4.36. The molecule has 0 bridgehead atoms. The summed E-state index contributed by atoms with van der Waals surface area (Å²) >= 11 is 0. The predicted molar refractivity (Wildman–Crippen MR) is 106 cm³/mol. The van der Waals surface area contributed by atoms with Crippen LogP contribution in [0.3, 0.4) is 0 Å². The van der Waals surface area contributed by atoms with Crippen LogP contribution in [0.5, 0.6) is 11.5 Å². The van der Waals surface area contributed by atoms with Gasteiger partial charge in [-0.05, 0) is 48.4 Å². The second kappa shape index (κ2) is 6.96. The predicted octanol–water partition coefficient (Wildman–Crippen LogP) is 5.73. The number of nitrogens with one attached hydrogen (secondary N) is 1. The van der Waals surface area contributed by atoms with E-state index in [1.807, 2.05) is 42.5 Å². The summed E-state index contributed by atoms with van der Waals surface area (Å²) in [7, 11) is 1.69. The minimum absolute atomic E-state index is 0.568. The fraction of sp³-hybridized carbons (Fsp3) is 0.130. The zero-order chi connectivity index (χ0) is 17.9. The van der Waals surface area contributed by atoms with Gasteiger partial charge in [0.25, 0.3) is 0 Å². The van der Waals surface area contributed by atoms with Gasteiger partial charge < -0.3 is 14.5 Å². The zero-order valence-electron chi connectivity index (χ0n) is 15.0. The Morgan fingerprint density at radius 2 is 1.69 bits per heavy atom. The molecule has 4 aromatic rings. The fourth-order valence-corrected chi connectivity index (χ4v) is 3.20. The van der Waals surface area contributed by atoms with Gasteiger partial charge in [-0.25, -0.2) is 0 Å². The first-order valence-electron chi connectivity index (χ1n) is 8.68. The number of methoxy groups -OCH3 is 1. The number of aromatic nitrogens is 1. The van der Waals surface area contributed by atoms with Crippen molar-refractivity contribution >= 4 is 10.9 Å². The maximum atomic E-state index is 5.97. The van der Waals surface area contributed by atoms with E-state index in [1.165, 1.54) is 10.9 Å². The van der Waals surface area contributed by atoms with Gasteiger partial charge in [-0.3, -0.25) is 0 Å². The first-order valence-corrected chi connectivity index (χ1v) is 8.68. The number of ether oxygens (including phenoxy) is 2. The third-order valence-electron chi connectivity index (χ3n) is 4.64. The van der Waals surface area contributed by atoms with Crippen LogP contribution < -0.4 is 9.47 Å². The SMILES string of the molecule is COc1cccc(-c2[nH]c3ccc(OCc4ccccc4)cc3c2C)c1. The first-order chi connectivity index (χ1) is 12.7. The third-order valence-corrected chi connectivity index (χ3v) is 4.64. The molecule has 0 saturated heterocycles. The van der Waals surface area contributed by atoms with E-state index in [0.717, 1.165) is 33.8 Å². The molecule has 1 aromatic heterocycles. The smallest absolute Gasteiger partial charge is 0.120 e. The lowest BCUT2D eigenvalue weighted by molar-refractivity contribution is 0.306. The molecular formula is C23H21NO2. The summed E-state index contributed by atoms with van der Waals surface area (Å²) in [6.07, 6.45) is 0. The van der Waals surface area contributed by atoms with E-state index >= 15 is 0 Å². The van der Waals surface area contributed by atoms with Crippen LogP contribution in [0.25, 0.3) is 22.2 Å². The van der Waals surface area contributed by atoms with E-state index < -0.39 is 0 Å². The number of H-pyrrole nitrogens is 1. The molecule has 0 fully saturated rings. The lowest BCUT2D eigenvalue weighted by Crippen LogP contribution is -1.94. The second-order valence-corrected chi connectivity index (χ2v) is 6.34. The molecule has 3 nitrogen and oxygen atoms in total. The lowest BCUT2D eigenvalue weighted by Gasteiger charge is -2.06. The van der Waals surface area contributed by atoms with Gasteiger partial charge in [0.15, 0.2) is 0 Å². The molecule has 0 radical (unpaired) electrons. The fourth-order valence-electron chi connectivity index (χ4n) is 3.20. The van der Waals surface area contributed by atoms with E-state index in [0.29, 0.717) is 6.61 Å². The molecule has 3 aromatic carbocycles. The number of rotatable bonds is 5. The summed E-state index contributed by atoms with van der Waals surface area (Å²) in [5.74, 6) is 1.73. The van der Waals surface area contributed by atoms with Crippen LogP contribution in [0, 0.1) is 6.92 Å². The number of benzene rings is 3. The average molecular weight is 343 g/mol. The Labute approximate surface area is 153 Å². The van der Waals surface area contributed by atoms with Crippen molar-refractivity contribution in [2.24, 2.45) is 0 Å². The Balaban J connectivity index is 1.65. The van der Waals surface area contributed by atoms with Crippen LogP contribution in [0.15, 0.2) is 72.8 Å². The monoisotopic (exact) mass is 343 g/mol. The molecule has 0 atom stereocenters. The minimum atomic E-state index is 0.568. The number of aromatic amines is 1. The Bertz CT molecular complexity index is 1030. The zero-order valence-corrected chi connectivity index (χ0v) is 15.0. The summed E-state index contributed by atoms with van der Waals surface area (Å²) in [5.41, 5.74) is 5.70. The quantitative estimate of drug-likeness (QED) is 0.502. The Morgan fingerprint density at radius 1 is 0.846 bits per heavy atom. The van der Waals surface area contributed by atoms with Crippen molar-refractivity contribution in [1.82, 2.24) is 4.98 Å². The van der Waals surface area contributed by atoms with Gasteiger partial charge in [-0.2, -0.15) is 0 Å². The van der Waals surface area contributed by atoms with Crippen molar-refractivity contribution in [3.05, 3.63) is 83.9 Å². The molecule has 0 aliphatic rings. The van der Waals surface area contributed by atoms with Crippen LogP contribution in [-0.4, -0.2) is 12.1 Å². The molecule has 0 spiro atoms. The molecule has 1 N–H and O–H groups in total. The van der Waals surface area contributed by atoms with Crippen LogP contribution in [-0.2, 0) is 6.61 Å². The average Bonchev–Trinajstić information content (AvgIpc) is 3.03. The van der Waals surface area contributed by atoms with E-state index in [-0.39, 0.29) is 0 Å². The Morgan fingerprint density at radius 3 is 2.50 bits per heavy atom. The highest BCUT2D eigenvalue weighted by Gasteiger charge is 2.11. The van der Waals surface area contributed by atoms with Gasteiger partial charge in [0.05, 0.1) is 7.11 Å². The molecule has 0 amide bonds. The summed E-state index contributed by atoms with van der Waals surface area (Å²) in [6, 6.07) is 24.5. The molecule has 0 aliphatic carbocycles. The van der Waals surface area contributed by atoms with Crippen molar-refractivity contribution in [2.75, 3.05) is 7.11 Å². The highest BCUT2D eigenvalue weighted by atomic mass is 16.5. The summed E-state index contributed by atoms with van der Waals surface area (Å²) in [6.45, 7) is 2.70. The molecule has 26 heavy (non-hydrogen) atoms. The molecule has 130 valence electrons. The maximum Gasteiger partial charge on any atom is 0.120 e. The van der Waals surface area contributed by atoms with Crippen LogP contribution in [0.2, 0.25) is 0 Å². The Hall–Kier alpha value is -3.20. The first kappa shape index (κ1) is 16.3. The molecule has 4 rings (SSSR count). The van der Waals surface area contributed by atoms with E-state index in [4.69, 9.17) is 9.47 Å². The summed E-state index contributed by atoms with van der Waals surface area (Å²) in [5, 5.41) is 1.17. The summed E-state index contributed by atoms with van der Waals surface area (Å²) < 4.78 is 11.3. The summed E-state index contributed by atoms with van der Waals surface area (Å²) in [4.78, 5) is 3.52. The van der Waals surface area contributed by atoms with Crippen LogP contribution in [0.1, 0.15) is 11.1 Å². The van der Waals surface area contributed by atoms with Gasteiger partial charge in [0.1, 0.15) is 18.1 Å². The van der Waals surface area contributed by atoms with Crippen molar-refractivity contribution in [1.29, 1.82) is 0 Å². The lowest BCUT2D eigenvalue weighted by atomic mass is 10.1. The number of hydrogen-bond donors (Lipinski definition) is 1. The number of hydrogen-bond acceptors (Lipinski definition) is 2. The standard InChI is InChI=1S/C23H21NO2/c1-16-21-14-20(26-15-17-7-4-3-5-8-17)11-12-22(21)24-23(16)18-9-6-10-19(13-18)25-2/h3-14,24H,15H2,1-2H3. The van der Waals surface area contributed by atoms with Crippen molar-refractivity contribution < 1.29 is 9.47 Å². The molecule has 0 saturated carbocycles. The molecule has 1 heterocycles. The van der Waals surface area contributed by atoms with Gasteiger partial charge in [0, 0.05) is 22.2 Å². The largest absolute Gasteiger partial charge is 0.497 e. The van der Waals surface area contributed by atoms with Gasteiger partial charge in [-0.15, -0.1) is 0 Å². The number of fused-ring (bicyclic) bond motifs is 1. The van der Waals surface area contributed by atoms with Gasteiger partial charge >= 0.3 is 0 Å². The van der Waals surface area contributed by atoms with Crippen molar-refractivity contribution in [3.8, 4) is 22.8 Å². The van der Waals surface area contributed by atoms with E-state index in [1.54, 1.807) is 7.11 Å². The molecular weight excluding hydrogens is 322 g/mol. The van der Waals surface area contributed by atoms with Gasteiger partial charge in [0.2, 0.25) is 0 Å². The second-order valence-electron chi connectivity index (χ2n) is 6.34. The van der Waals surface area contributed by atoms with Crippen LogP contribution in [0.4, 0.5) is 0 Å². The van der Waals surface area contributed by atoms with Gasteiger partial charge in [-0.1, -0.05) is 42.5 Å². The van der Waals surface area contributed by atoms with Crippen molar-refractivity contribution in [2.45, 2.75) is 13.5 Å². The van der Waals surface area contributed by atoms with Crippen LogP contribution >= 0.6 is 0 Å². The minimum Gasteiger partial charge on any atom is -0.497 e. The highest BCUT2D eigenvalue weighted by Crippen LogP contribution is 2.33. The number of aryl methyl sites for hydroxylation is 1. The highest BCUT2D eigenvalue weighted by molar-refractivity contribution is 5.91. The topological polar surface area (TPSA) is 34.2 Å². The van der Waals surface area contributed by atoms with Crippen molar-refractivity contribution in [3.63, 3.8) is 0 Å².